The molecule has 10 nitrogen and oxygen atoms in total. The van der Waals surface area contributed by atoms with E-state index < -0.39 is 27.8 Å². The van der Waals surface area contributed by atoms with Gasteiger partial charge < -0.3 is 15.8 Å². The zero-order valence-electron chi connectivity index (χ0n) is 10.9. The number of anilines is 1. The number of nitrogens with two attached hydrogens (primary N) is 1. The van der Waals surface area contributed by atoms with Crippen LogP contribution in [0.1, 0.15) is 13.8 Å². The Morgan fingerprint density at radius 1 is 1.20 bits per heavy atom. The molecule has 0 atom stereocenters. The number of nitro groups is 1. The topological polar surface area (TPSA) is 139 Å². The molecule has 0 saturated carbocycles. The minimum absolute atomic E-state index is 0.0460. The Balaban J connectivity index is 3.07. The van der Waals surface area contributed by atoms with Crippen molar-refractivity contribution in [3.8, 4) is 0 Å². The highest BCUT2D eigenvalue weighted by molar-refractivity contribution is 5.73. The highest BCUT2D eigenvalue weighted by Crippen LogP contribution is 2.17. The third-order valence-electron chi connectivity index (χ3n) is 2.86. The fourth-order valence-corrected chi connectivity index (χ4v) is 1.91. The molecule has 0 aliphatic rings. The molecular weight excluding hydrogens is 268 g/mol. The first-order valence-electron chi connectivity index (χ1n) is 5.87. The summed E-state index contributed by atoms with van der Waals surface area (Å²) < 4.78 is 2.15. The van der Waals surface area contributed by atoms with Crippen molar-refractivity contribution in [3.63, 3.8) is 0 Å². The lowest BCUT2D eigenvalue weighted by atomic mass is 10.4. The predicted molar refractivity (Wildman–Crippen MR) is 70.5 cm³/mol. The number of fused-ring (bicyclic) bond motifs is 1. The minimum Gasteiger partial charge on any atom is -0.377 e. The highest BCUT2D eigenvalue weighted by Gasteiger charge is 2.23. The quantitative estimate of drug-likeness (QED) is 0.589. The van der Waals surface area contributed by atoms with Gasteiger partial charge in [-0.15, -0.1) is 0 Å². The van der Waals surface area contributed by atoms with E-state index in [1.165, 1.54) is 4.57 Å². The van der Waals surface area contributed by atoms with Gasteiger partial charge in [-0.05, 0) is 23.8 Å². The predicted octanol–water partition coefficient (Wildman–Crippen LogP) is -0.517. The van der Waals surface area contributed by atoms with Gasteiger partial charge in [-0.1, -0.05) is 0 Å². The fourth-order valence-electron chi connectivity index (χ4n) is 1.91. The number of nitrogens with zero attached hydrogens (tertiary/aromatic N) is 5. The number of rotatable bonds is 3. The maximum atomic E-state index is 12.1. The van der Waals surface area contributed by atoms with Crippen molar-refractivity contribution in [2.45, 2.75) is 26.9 Å². The molecule has 106 valence electrons. The van der Waals surface area contributed by atoms with Crippen LogP contribution in [0, 0.1) is 10.1 Å². The third-order valence-corrected chi connectivity index (χ3v) is 2.86. The van der Waals surface area contributed by atoms with E-state index in [-0.39, 0.29) is 24.3 Å². The molecule has 0 amide bonds. The SMILES string of the molecule is CCn1c(=O)c2nc([N+](=O)[O-])c(N)nc2n(CC)c1=O. The third kappa shape index (κ3) is 1.81. The summed E-state index contributed by atoms with van der Waals surface area (Å²) in [5.74, 6) is -1.13. The van der Waals surface area contributed by atoms with Gasteiger partial charge in [-0.3, -0.25) is 13.9 Å². The lowest BCUT2D eigenvalue weighted by Gasteiger charge is -2.08. The van der Waals surface area contributed by atoms with E-state index in [1.807, 2.05) is 0 Å². The molecule has 0 aromatic carbocycles. The van der Waals surface area contributed by atoms with Gasteiger partial charge in [0, 0.05) is 13.1 Å². The number of nitrogen functional groups attached to an aromatic ring is 1. The second-order valence-electron chi connectivity index (χ2n) is 3.94. The van der Waals surface area contributed by atoms with Crippen LogP contribution in [0.4, 0.5) is 11.6 Å². The summed E-state index contributed by atoms with van der Waals surface area (Å²) in [6.45, 7) is 3.67. The number of hydrogen-bond acceptors (Lipinski definition) is 7. The molecule has 0 unspecified atom stereocenters. The first-order chi connectivity index (χ1) is 9.42. The first-order valence-corrected chi connectivity index (χ1v) is 5.87. The van der Waals surface area contributed by atoms with E-state index >= 15 is 0 Å². The molecule has 10 heteroatoms. The van der Waals surface area contributed by atoms with Crippen molar-refractivity contribution in [3.05, 3.63) is 31.0 Å². The number of aryl methyl sites for hydroxylation is 1. The van der Waals surface area contributed by atoms with Gasteiger partial charge in [0.05, 0.1) is 0 Å². The molecule has 20 heavy (non-hydrogen) atoms. The summed E-state index contributed by atoms with van der Waals surface area (Å²) in [6.07, 6.45) is 0. The summed E-state index contributed by atoms with van der Waals surface area (Å²) in [6, 6.07) is 0. The smallest absolute Gasteiger partial charge is 0.377 e. The van der Waals surface area contributed by atoms with Crippen LogP contribution in [0.15, 0.2) is 9.59 Å². The van der Waals surface area contributed by atoms with Crippen LogP contribution in [0.2, 0.25) is 0 Å². The van der Waals surface area contributed by atoms with E-state index in [0.29, 0.717) is 0 Å². The van der Waals surface area contributed by atoms with E-state index in [9.17, 15) is 19.7 Å². The maximum absolute atomic E-state index is 12.1. The molecular formula is C10H12N6O4. The monoisotopic (exact) mass is 280 g/mol. The number of hydrogen-bond donors (Lipinski definition) is 1. The van der Waals surface area contributed by atoms with E-state index in [1.54, 1.807) is 13.8 Å². The average molecular weight is 280 g/mol. The van der Waals surface area contributed by atoms with Crippen molar-refractivity contribution in [1.29, 1.82) is 0 Å². The molecule has 2 N–H and O–H groups in total. The summed E-state index contributed by atoms with van der Waals surface area (Å²) >= 11 is 0. The molecule has 0 bridgehead atoms. The van der Waals surface area contributed by atoms with Gasteiger partial charge in [0.2, 0.25) is 5.82 Å². The Bertz CT molecular complexity index is 821. The van der Waals surface area contributed by atoms with Gasteiger partial charge in [-0.25, -0.2) is 9.78 Å². The molecule has 0 fully saturated rings. The van der Waals surface area contributed by atoms with Crippen LogP contribution in [0.3, 0.4) is 0 Å². The molecule has 2 heterocycles. The number of aromatic nitrogens is 4. The Kier molecular flexibility index (Phi) is 3.22. The van der Waals surface area contributed by atoms with Gasteiger partial charge in [0.15, 0.2) is 5.65 Å². The van der Waals surface area contributed by atoms with Crippen LogP contribution < -0.4 is 17.0 Å². The van der Waals surface area contributed by atoms with Crippen LogP contribution in [0.25, 0.3) is 11.2 Å². The normalized spacial score (nSPS) is 10.9. The molecule has 0 saturated heterocycles. The maximum Gasteiger partial charge on any atom is 0.407 e. The van der Waals surface area contributed by atoms with E-state index in [2.05, 4.69) is 9.97 Å². The molecule has 0 radical (unpaired) electrons. The van der Waals surface area contributed by atoms with Gasteiger partial charge in [0.25, 0.3) is 5.52 Å². The molecule has 0 spiro atoms. The van der Waals surface area contributed by atoms with Crippen molar-refractivity contribution in [1.82, 2.24) is 19.1 Å². The molecule has 0 aliphatic heterocycles. The standard InChI is InChI=1S/C10H12N6O4/c1-3-14-7-5(9(17)15(4-2)10(14)18)12-8(16(19)20)6(11)13-7/h3-4H2,1-2H3,(H2,11,13). The van der Waals surface area contributed by atoms with E-state index in [0.717, 1.165) is 4.57 Å². The zero-order chi connectivity index (χ0) is 15.0. The summed E-state index contributed by atoms with van der Waals surface area (Å²) in [5.41, 5.74) is 3.89. The Labute approximate surface area is 111 Å². The van der Waals surface area contributed by atoms with Crippen molar-refractivity contribution < 1.29 is 4.92 Å². The molecule has 2 aromatic heterocycles. The second-order valence-corrected chi connectivity index (χ2v) is 3.94. The van der Waals surface area contributed by atoms with E-state index in [4.69, 9.17) is 5.73 Å². The van der Waals surface area contributed by atoms with Crippen molar-refractivity contribution in [2.75, 3.05) is 5.73 Å². The Morgan fingerprint density at radius 2 is 1.80 bits per heavy atom. The molecule has 2 aromatic rings. The van der Waals surface area contributed by atoms with Gasteiger partial charge in [0.1, 0.15) is 0 Å². The van der Waals surface area contributed by atoms with Crippen LogP contribution in [-0.2, 0) is 13.1 Å². The Morgan fingerprint density at radius 3 is 2.30 bits per heavy atom. The van der Waals surface area contributed by atoms with Gasteiger partial charge in [-0.2, -0.15) is 0 Å². The average Bonchev–Trinajstić information content (AvgIpc) is 2.39. The van der Waals surface area contributed by atoms with Gasteiger partial charge >= 0.3 is 17.1 Å². The Hall–Kier alpha value is -2.78. The van der Waals surface area contributed by atoms with Crippen molar-refractivity contribution >= 4 is 22.8 Å². The molecule has 0 aliphatic carbocycles. The fraction of sp³-hybridized carbons (Fsp3) is 0.400. The van der Waals surface area contributed by atoms with Crippen LogP contribution >= 0.6 is 0 Å². The van der Waals surface area contributed by atoms with Crippen LogP contribution in [0.5, 0.6) is 0 Å². The largest absolute Gasteiger partial charge is 0.407 e. The summed E-state index contributed by atoms with van der Waals surface area (Å²) in [5, 5.41) is 10.8. The zero-order valence-corrected chi connectivity index (χ0v) is 10.9. The summed E-state index contributed by atoms with van der Waals surface area (Å²) in [4.78, 5) is 41.6. The first kappa shape index (κ1) is 13.6. The minimum atomic E-state index is -0.821. The lowest BCUT2D eigenvalue weighted by Crippen LogP contribution is -2.40. The molecule has 2 rings (SSSR count). The summed E-state index contributed by atoms with van der Waals surface area (Å²) in [7, 11) is 0. The van der Waals surface area contributed by atoms with Crippen molar-refractivity contribution in [2.24, 2.45) is 0 Å². The highest BCUT2D eigenvalue weighted by atomic mass is 16.6. The van der Waals surface area contributed by atoms with Crippen LogP contribution in [-0.4, -0.2) is 24.0 Å². The second kappa shape index (κ2) is 4.72. The lowest BCUT2D eigenvalue weighted by molar-refractivity contribution is -0.388.